The van der Waals surface area contributed by atoms with E-state index in [9.17, 15) is 9.90 Å². The zero-order valence-electron chi connectivity index (χ0n) is 18.4. The van der Waals surface area contributed by atoms with Crippen LogP contribution in [0.2, 0.25) is 0 Å². The number of rotatable bonds is 5. The van der Waals surface area contributed by atoms with Crippen molar-refractivity contribution in [2.75, 3.05) is 16.8 Å². The van der Waals surface area contributed by atoms with E-state index in [0.717, 1.165) is 41.8 Å². The minimum absolute atomic E-state index is 0.390. The number of pyridine rings is 1. The summed E-state index contributed by atoms with van der Waals surface area (Å²) in [6.45, 7) is 4.95. The molecule has 1 aliphatic heterocycles. The van der Waals surface area contributed by atoms with Crippen molar-refractivity contribution in [3.8, 4) is 0 Å². The summed E-state index contributed by atoms with van der Waals surface area (Å²) in [5.41, 5.74) is 3.51. The highest BCUT2D eigenvalue weighted by Gasteiger charge is 2.30. The number of hydrogen-bond donors (Lipinski definition) is 4. The Balaban J connectivity index is 1.31. The number of urea groups is 1. The summed E-state index contributed by atoms with van der Waals surface area (Å²) < 4.78 is 0. The van der Waals surface area contributed by atoms with E-state index in [4.69, 9.17) is 0 Å². The van der Waals surface area contributed by atoms with Gasteiger partial charge in [0, 0.05) is 30.1 Å². The molecule has 9 nitrogen and oxygen atoms in total. The molecule has 4 aromatic rings. The predicted octanol–water partition coefficient (Wildman–Crippen LogP) is 3.61. The fourth-order valence-corrected chi connectivity index (χ4v) is 4.93. The average Bonchev–Trinajstić information content (AvgIpc) is 3.43. The van der Waals surface area contributed by atoms with Gasteiger partial charge in [0.05, 0.1) is 40.3 Å². The molecular weight excluding hydrogens is 438 g/mol. The Morgan fingerprint density at radius 1 is 1.27 bits per heavy atom. The molecule has 2 amide bonds. The smallest absolute Gasteiger partial charge is 0.320 e. The molecular formula is C23H25N7O2S. The van der Waals surface area contributed by atoms with Gasteiger partial charge in [0.25, 0.3) is 0 Å². The summed E-state index contributed by atoms with van der Waals surface area (Å²) in [5, 5.41) is 24.6. The zero-order chi connectivity index (χ0) is 23.0. The Kier molecular flexibility index (Phi) is 5.47. The van der Waals surface area contributed by atoms with E-state index in [0.29, 0.717) is 5.82 Å². The van der Waals surface area contributed by atoms with Crippen molar-refractivity contribution in [1.29, 1.82) is 0 Å². The summed E-state index contributed by atoms with van der Waals surface area (Å²) in [6.07, 6.45) is 2.61. The van der Waals surface area contributed by atoms with Gasteiger partial charge in [-0.2, -0.15) is 5.10 Å². The molecule has 1 aromatic carbocycles. The minimum Gasteiger partial charge on any atom is -0.388 e. The molecule has 4 heterocycles. The largest absolute Gasteiger partial charge is 0.388 e. The second-order valence-electron chi connectivity index (χ2n) is 8.65. The molecule has 0 fully saturated rings. The molecule has 0 aliphatic carbocycles. The number of thiazole rings is 1. The fraction of sp³-hybridized carbons (Fsp3) is 0.304. The van der Waals surface area contributed by atoms with Gasteiger partial charge in [0.1, 0.15) is 5.82 Å². The third kappa shape index (κ3) is 4.39. The first-order chi connectivity index (χ1) is 15.9. The summed E-state index contributed by atoms with van der Waals surface area (Å²) in [5.74, 6) is 1.24. The molecule has 0 saturated heterocycles. The topological polar surface area (TPSA) is 119 Å². The number of anilines is 2. The molecule has 170 valence electrons. The number of amides is 2. The van der Waals surface area contributed by atoms with Gasteiger partial charge in [-0.05, 0) is 19.4 Å². The van der Waals surface area contributed by atoms with Crippen LogP contribution in [0.25, 0.3) is 10.9 Å². The van der Waals surface area contributed by atoms with E-state index in [1.54, 1.807) is 37.4 Å². The number of benzene rings is 1. The van der Waals surface area contributed by atoms with E-state index in [1.807, 2.05) is 35.8 Å². The first-order valence-corrected chi connectivity index (χ1v) is 11.6. The molecule has 3 aromatic heterocycles. The molecule has 1 aliphatic rings. The average molecular weight is 464 g/mol. The maximum atomic E-state index is 12.7. The van der Waals surface area contributed by atoms with Gasteiger partial charge in [-0.1, -0.05) is 30.3 Å². The second-order valence-corrected chi connectivity index (χ2v) is 9.59. The standard InChI is InChI=1S/C23H25N7O2S/c1-23(2,32)20(14-6-4-3-5-7-14)27-22(31)26-19-10-17-15(11-24-19)21(29-28-17)30-9-8-16-18(12-30)33-13-25-16/h3-7,10-11,13,20,32H,8-9,12H2,1-2H3,(H,28,29)(H2,24,26,27,31). The Bertz CT molecular complexity index is 1280. The first-order valence-electron chi connectivity index (χ1n) is 10.7. The Morgan fingerprint density at radius 2 is 2.09 bits per heavy atom. The lowest BCUT2D eigenvalue weighted by atomic mass is 9.92. The van der Waals surface area contributed by atoms with E-state index >= 15 is 0 Å². The van der Waals surface area contributed by atoms with E-state index < -0.39 is 17.7 Å². The van der Waals surface area contributed by atoms with Crippen LogP contribution in [-0.2, 0) is 13.0 Å². The first kappa shape index (κ1) is 21.4. The number of nitrogens with one attached hydrogen (secondary N) is 3. The molecule has 0 radical (unpaired) electrons. The van der Waals surface area contributed by atoms with Gasteiger partial charge in [-0.3, -0.25) is 10.4 Å². The lowest BCUT2D eigenvalue weighted by Gasteiger charge is -2.30. The van der Waals surface area contributed by atoms with Crippen LogP contribution in [0, 0.1) is 0 Å². The van der Waals surface area contributed by atoms with Crippen molar-refractivity contribution in [3.63, 3.8) is 0 Å². The number of aliphatic hydroxyl groups is 1. The monoisotopic (exact) mass is 463 g/mol. The summed E-state index contributed by atoms with van der Waals surface area (Å²) >= 11 is 1.67. The van der Waals surface area contributed by atoms with Gasteiger partial charge >= 0.3 is 6.03 Å². The van der Waals surface area contributed by atoms with Crippen molar-refractivity contribution >= 4 is 39.9 Å². The van der Waals surface area contributed by atoms with Crippen LogP contribution >= 0.6 is 11.3 Å². The number of aromatic nitrogens is 4. The lowest BCUT2D eigenvalue weighted by Crippen LogP contribution is -2.43. The molecule has 10 heteroatoms. The molecule has 4 N–H and O–H groups in total. The van der Waals surface area contributed by atoms with Crippen LogP contribution in [0.5, 0.6) is 0 Å². The number of hydrogen-bond acceptors (Lipinski definition) is 7. The van der Waals surface area contributed by atoms with Crippen LogP contribution < -0.4 is 15.5 Å². The van der Waals surface area contributed by atoms with Gasteiger partial charge < -0.3 is 15.3 Å². The van der Waals surface area contributed by atoms with Crippen LogP contribution in [-0.4, -0.2) is 43.4 Å². The highest BCUT2D eigenvalue weighted by Crippen LogP contribution is 2.30. The normalized spacial score (nSPS) is 14.7. The maximum absolute atomic E-state index is 12.7. The molecule has 0 bridgehead atoms. The minimum atomic E-state index is -1.15. The van der Waals surface area contributed by atoms with Gasteiger partial charge in [-0.25, -0.2) is 14.8 Å². The Labute approximate surface area is 194 Å². The highest BCUT2D eigenvalue weighted by atomic mass is 32.1. The van der Waals surface area contributed by atoms with Crippen molar-refractivity contribution in [2.24, 2.45) is 0 Å². The van der Waals surface area contributed by atoms with E-state index in [2.05, 4.69) is 35.7 Å². The second kappa shape index (κ2) is 8.45. The van der Waals surface area contributed by atoms with Crippen LogP contribution in [0.1, 0.15) is 36.0 Å². The molecule has 0 saturated carbocycles. The van der Waals surface area contributed by atoms with Crippen LogP contribution in [0.4, 0.5) is 16.4 Å². The van der Waals surface area contributed by atoms with Gasteiger partial charge in [-0.15, -0.1) is 11.3 Å². The molecule has 5 rings (SSSR count). The Morgan fingerprint density at radius 3 is 2.88 bits per heavy atom. The molecule has 33 heavy (non-hydrogen) atoms. The zero-order valence-corrected chi connectivity index (χ0v) is 19.2. The van der Waals surface area contributed by atoms with Crippen molar-refractivity contribution in [2.45, 2.75) is 38.5 Å². The number of carbonyl (C=O) groups excluding carboxylic acids is 1. The number of nitrogens with zero attached hydrogens (tertiary/aromatic N) is 4. The quantitative estimate of drug-likeness (QED) is 0.359. The van der Waals surface area contributed by atoms with E-state index in [1.165, 1.54) is 10.6 Å². The maximum Gasteiger partial charge on any atom is 0.320 e. The number of fused-ring (bicyclic) bond motifs is 2. The van der Waals surface area contributed by atoms with Crippen LogP contribution in [0.3, 0.4) is 0 Å². The third-order valence-corrected chi connectivity index (χ3v) is 6.62. The SMILES string of the molecule is CC(C)(O)C(NC(=O)Nc1cc2[nH]nc(N3CCc4ncsc4C3)c2cn1)c1ccccc1. The third-order valence-electron chi connectivity index (χ3n) is 5.76. The van der Waals surface area contributed by atoms with Crippen molar-refractivity contribution in [3.05, 3.63) is 64.2 Å². The number of aromatic amines is 1. The van der Waals surface area contributed by atoms with Crippen molar-refractivity contribution in [1.82, 2.24) is 25.5 Å². The lowest BCUT2D eigenvalue weighted by molar-refractivity contribution is 0.0415. The van der Waals surface area contributed by atoms with Gasteiger partial charge in [0.2, 0.25) is 0 Å². The summed E-state index contributed by atoms with van der Waals surface area (Å²) in [6, 6.07) is 10.1. The van der Waals surface area contributed by atoms with Gasteiger partial charge in [0.15, 0.2) is 5.82 Å². The van der Waals surface area contributed by atoms with E-state index in [-0.39, 0.29) is 0 Å². The van der Waals surface area contributed by atoms with Crippen molar-refractivity contribution < 1.29 is 9.90 Å². The number of carbonyl (C=O) groups is 1. The molecule has 0 spiro atoms. The predicted molar refractivity (Wildman–Crippen MR) is 128 cm³/mol. The van der Waals surface area contributed by atoms with Crippen LogP contribution in [0.15, 0.2) is 48.1 Å². The Hall–Kier alpha value is -3.50. The number of H-pyrrole nitrogens is 1. The highest BCUT2D eigenvalue weighted by molar-refractivity contribution is 7.09. The molecule has 1 unspecified atom stereocenters. The summed E-state index contributed by atoms with van der Waals surface area (Å²) in [7, 11) is 0. The summed E-state index contributed by atoms with van der Waals surface area (Å²) in [4.78, 5) is 25.0. The fourth-order valence-electron chi connectivity index (χ4n) is 4.11. The molecule has 1 atom stereocenters.